The van der Waals surface area contributed by atoms with Crippen LogP contribution in [-0.4, -0.2) is 9.97 Å². The number of pyridine rings is 2. The molecule has 0 radical (unpaired) electrons. The van der Waals surface area contributed by atoms with Gasteiger partial charge in [0.2, 0.25) is 0 Å². The van der Waals surface area contributed by atoms with Crippen molar-refractivity contribution in [3.63, 3.8) is 0 Å². The van der Waals surface area contributed by atoms with E-state index in [0.717, 1.165) is 16.5 Å². The molecule has 0 bridgehead atoms. The van der Waals surface area contributed by atoms with Crippen molar-refractivity contribution in [3.8, 4) is 11.1 Å². The average Bonchev–Trinajstić information content (AvgIpc) is 2.41. The lowest BCUT2D eigenvalue weighted by Gasteiger charge is -2.10. The van der Waals surface area contributed by atoms with Crippen molar-refractivity contribution in [1.82, 2.24) is 9.97 Å². The van der Waals surface area contributed by atoms with Crippen molar-refractivity contribution >= 4 is 22.6 Å². The van der Waals surface area contributed by atoms with Crippen LogP contribution in [0.4, 0.5) is 0 Å². The van der Waals surface area contributed by atoms with Crippen LogP contribution in [0.2, 0.25) is 5.15 Å². The van der Waals surface area contributed by atoms with Crippen LogP contribution >= 0.6 is 11.6 Å². The highest BCUT2D eigenvalue weighted by Gasteiger charge is 2.10. The molecule has 3 rings (SSSR count). The number of aromatic nitrogens is 2. The van der Waals surface area contributed by atoms with Gasteiger partial charge in [0, 0.05) is 17.1 Å². The molecule has 0 amide bonds. The molecular weight excluding hydrogens is 256 g/mol. The van der Waals surface area contributed by atoms with Crippen LogP contribution in [0, 0.1) is 13.8 Å². The zero-order valence-electron chi connectivity index (χ0n) is 10.8. The monoisotopic (exact) mass is 268 g/mol. The molecule has 0 aliphatic rings. The Morgan fingerprint density at radius 3 is 2.68 bits per heavy atom. The normalized spacial score (nSPS) is 10.9. The third-order valence-corrected chi connectivity index (χ3v) is 3.51. The molecule has 0 N–H and O–H groups in total. The number of nitrogens with zero attached hydrogens (tertiary/aromatic N) is 2. The fourth-order valence-corrected chi connectivity index (χ4v) is 2.44. The van der Waals surface area contributed by atoms with Gasteiger partial charge in [-0.25, -0.2) is 9.97 Å². The van der Waals surface area contributed by atoms with Crippen molar-refractivity contribution in [3.05, 3.63) is 58.9 Å². The molecule has 0 saturated carbocycles. The molecule has 2 heterocycles. The zero-order valence-corrected chi connectivity index (χ0v) is 11.6. The Morgan fingerprint density at radius 2 is 1.84 bits per heavy atom. The van der Waals surface area contributed by atoms with Crippen molar-refractivity contribution in [1.29, 1.82) is 0 Å². The molecule has 2 nitrogen and oxygen atoms in total. The topological polar surface area (TPSA) is 25.8 Å². The third-order valence-electron chi connectivity index (χ3n) is 3.23. The Morgan fingerprint density at radius 1 is 1.00 bits per heavy atom. The van der Waals surface area contributed by atoms with Crippen LogP contribution in [0.1, 0.15) is 11.1 Å². The fraction of sp³-hybridized carbons (Fsp3) is 0.125. The molecule has 94 valence electrons. The molecule has 0 unspecified atom stereocenters. The standard InChI is InChI=1S/C16H13ClN2/c1-10-5-6-11(2)13(8-10)14-9-12-4-3-7-18-16(12)19-15(14)17/h3-9H,1-2H3. The van der Waals surface area contributed by atoms with Crippen molar-refractivity contribution < 1.29 is 0 Å². The second kappa shape index (κ2) is 4.63. The van der Waals surface area contributed by atoms with E-state index in [1.807, 2.05) is 12.1 Å². The average molecular weight is 269 g/mol. The summed E-state index contributed by atoms with van der Waals surface area (Å²) in [5.74, 6) is 0. The Bertz CT molecular complexity index is 766. The first kappa shape index (κ1) is 12.1. The van der Waals surface area contributed by atoms with Gasteiger partial charge in [-0.2, -0.15) is 0 Å². The summed E-state index contributed by atoms with van der Waals surface area (Å²) in [5, 5.41) is 1.50. The van der Waals surface area contributed by atoms with Gasteiger partial charge in [-0.3, -0.25) is 0 Å². The number of halogens is 1. The van der Waals surface area contributed by atoms with Gasteiger partial charge in [0.05, 0.1) is 0 Å². The second-order valence-electron chi connectivity index (χ2n) is 4.70. The highest BCUT2D eigenvalue weighted by atomic mass is 35.5. The summed E-state index contributed by atoms with van der Waals surface area (Å²) in [6.07, 6.45) is 1.73. The van der Waals surface area contributed by atoms with Crippen molar-refractivity contribution in [2.24, 2.45) is 0 Å². The van der Waals surface area contributed by atoms with E-state index in [0.29, 0.717) is 10.8 Å². The minimum absolute atomic E-state index is 0.500. The molecule has 2 aromatic heterocycles. The Labute approximate surface area is 117 Å². The predicted molar refractivity (Wildman–Crippen MR) is 79.5 cm³/mol. The van der Waals surface area contributed by atoms with E-state index in [2.05, 4.69) is 48.1 Å². The lowest BCUT2D eigenvalue weighted by atomic mass is 9.99. The van der Waals surface area contributed by atoms with E-state index >= 15 is 0 Å². The molecule has 0 fully saturated rings. The maximum absolute atomic E-state index is 6.31. The summed E-state index contributed by atoms with van der Waals surface area (Å²) < 4.78 is 0. The van der Waals surface area contributed by atoms with Gasteiger partial charge in [-0.1, -0.05) is 35.4 Å². The summed E-state index contributed by atoms with van der Waals surface area (Å²) in [6, 6.07) is 12.3. The molecule has 0 saturated heterocycles. The summed E-state index contributed by atoms with van der Waals surface area (Å²) >= 11 is 6.31. The molecule has 0 atom stereocenters. The van der Waals surface area contributed by atoms with E-state index in [1.165, 1.54) is 11.1 Å². The molecule has 0 aliphatic heterocycles. The van der Waals surface area contributed by atoms with Crippen LogP contribution in [0.3, 0.4) is 0 Å². The van der Waals surface area contributed by atoms with Crippen LogP contribution in [0.25, 0.3) is 22.2 Å². The van der Waals surface area contributed by atoms with E-state index in [-0.39, 0.29) is 0 Å². The molecule has 1 aromatic carbocycles. The first-order valence-corrected chi connectivity index (χ1v) is 6.52. The Balaban J connectivity index is 2.30. The Kier molecular flexibility index (Phi) is 2.96. The van der Waals surface area contributed by atoms with Gasteiger partial charge in [0.15, 0.2) is 5.65 Å². The first-order chi connectivity index (χ1) is 9.15. The number of fused-ring (bicyclic) bond motifs is 1. The van der Waals surface area contributed by atoms with Crippen LogP contribution in [-0.2, 0) is 0 Å². The molecular formula is C16H13ClN2. The fourth-order valence-electron chi connectivity index (χ4n) is 2.20. The number of rotatable bonds is 1. The zero-order chi connectivity index (χ0) is 13.4. The molecule has 0 aliphatic carbocycles. The van der Waals surface area contributed by atoms with Crippen LogP contribution in [0.5, 0.6) is 0 Å². The number of aryl methyl sites for hydroxylation is 2. The minimum atomic E-state index is 0.500. The maximum atomic E-state index is 6.31. The van der Waals surface area contributed by atoms with Gasteiger partial charge < -0.3 is 0 Å². The predicted octanol–water partition coefficient (Wildman–Crippen LogP) is 4.57. The SMILES string of the molecule is Cc1ccc(C)c(-c2cc3cccnc3nc2Cl)c1. The van der Waals surface area contributed by atoms with Gasteiger partial charge in [-0.15, -0.1) is 0 Å². The summed E-state index contributed by atoms with van der Waals surface area (Å²) in [6.45, 7) is 4.16. The third kappa shape index (κ3) is 2.20. The number of benzene rings is 1. The van der Waals surface area contributed by atoms with Gasteiger partial charge >= 0.3 is 0 Å². The first-order valence-electron chi connectivity index (χ1n) is 6.14. The van der Waals surface area contributed by atoms with Crippen molar-refractivity contribution in [2.75, 3.05) is 0 Å². The number of hydrogen-bond acceptors (Lipinski definition) is 2. The van der Waals surface area contributed by atoms with E-state index in [4.69, 9.17) is 11.6 Å². The maximum Gasteiger partial charge on any atom is 0.160 e. The summed E-state index contributed by atoms with van der Waals surface area (Å²) in [7, 11) is 0. The summed E-state index contributed by atoms with van der Waals surface area (Å²) in [5.41, 5.74) is 5.17. The van der Waals surface area contributed by atoms with E-state index < -0.39 is 0 Å². The minimum Gasteiger partial charge on any atom is -0.237 e. The lowest BCUT2D eigenvalue weighted by Crippen LogP contribution is -1.91. The van der Waals surface area contributed by atoms with Gasteiger partial charge in [0.1, 0.15) is 5.15 Å². The highest BCUT2D eigenvalue weighted by Crippen LogP contribution is 2.31. The largest absolute Gasteiger partial charge is 0.237 e. The molecule has 3 heteroatoms. The smallest absolute Gasteiger partial charge is 0.160 e. The van der Waals surface area contributed by atoms with Crippen LogP contribution < -0.4 is 0 Å². The second-order valence-corrected chi connectivity index (χ2v) is 5.05. The lowest BCUT2D eigenvalue weighted by molar-refractivity contribution is 1.28. The highest BCUT2D eigenvalue weighted by molar-refractivity contribution is 6.32. The van der Waals surface area contributed by atoms with Gasteiger partial charge in [-0.05, 0) is 43.2 Å². The quantitative estimate of drug-likeness (QED) is 0.604. The molecule has 19 heavy (non-hydrogen) atoms. The van der Waals surface area contributed by atoms with E-state index in [1.54, 1.807) is 6.20 Å². The molecule has 0 spiro atoms. The van der Waals surface area contributed by atoms with E-state index in [9.17, 15) is 0 Å². The molecule has 3 aromatic rings. The number of hydrogen-bond donors (Lipinski definition) is 0. The summed E-state index contributed by atoms with van der Waals surface area (Å²) in [4.78, 5) is 8.60. The van der Waals surface area contributed by atoms with Gasteiger partial charge in [0.25, 0.3) is 0 Å². The van der Waals surface area contributed by atoms with Crippen LogP contribution in [0.15, 0.2) is 42.6 Å². The Hall–Kier alpha value is -1.93. The van der Waals surface area contributed by atoms with Crippen molar-refractivity contribution in [2.45, 2.75) is 13.8 Å².